The summed E-state index contributed by atoms with van der Waals surface area (Å²) in [4.78, 5) is 22.2. The fourth-order valence-electron chi connectivity index (χ4n) is 1.99. The number of carbonyl (C=O) groups excluding carboxylic acids is 1. The van der Waals surface area contributed by atoms with Gasteiger partial charge in [0.05, 0.1) is 24.4 Å². The lowest BCUT2D eigenvalue weighted by Crippen LogP contribution is -2.22. The van der Waals surface area contributed by atoms with E-state index >= 15 is 0 Å². The number of hydrogen-bond donors (Lipinski definition) is 1. The van der Waals surface area contributed by atoms with E-state index in [4.69, 9.17) is 10.5 Å². The zero-order valence-corrected chi connectivity index (χ0v) is 12.4. The normalized spacial score (nSPS) is 10.4. The van der Waals surface area contributed by atoms with E-state index in [0.29, 0.717) is 30.2 Å². The topological polar surface area (TPSA) is 86.3 Å². The minimum atomic E-state index is -0.441. The number of rotatable bonds is 5. The predicted molar refractivity (Wildman–Crippen MR) is 79.9 cm³/mol. The number of hydrogen-bond acceptors (Lipinski definition) is 6. The minimum Gasteiger partial charge on any atom is -0.462 e. The summed E-state index contributed by atoms with van der Waals surface area (Å²) in [6.07, 6.45) is 5.15. The first-order valence-corrected chi connectivity index (χ1v) is 6.63. The summed E-state index contributed by atoms with van der Waals surface area (Å²) < 4.78 is 6.91. The van der Waals surface area contributed by atoms with Gasteiger partial charge in [-0.05, 0) is 13.0 Å². The van der Waals surface area contributed by atoms with Crippen molar-refractivity contribution in [3.05, 3.63) is 36.0 Å². The molecule has 7 heteroatoms. The Hall–Kier alpha value is -2.57. The number of nitrogens with two attached hydrogens (primary N) is 1. The van der Waals surface area contributed by atoms with Gasteiger partial charge in [0.25, 0.3) is 0 Å². The second-order valence-electron chi connectivity index (χ2n) is 4.63. The molecule has 0 amide bonds. The molecule has 0 aliphatic rings. The molecule has 0 saturated carbocycles. The maximum absolute atomic E-state index is 11.8. The van der Waals surface area contributed by atoms with Gasteiger partial charge >= 0.3 is 5.97 Å². The second-order valence-corrected chi connectivity index (χ2v) is 4.63. The zero-order chi connectivity index (χ0) is 15.4. The number of ether oxygens (including phenoxy) is 1. The van der Waals surface area contributed by atoms with Gasteiger partial charge in [0.15, 0.2) is 5.82 Å². The minimum absolute atomic E-state index is 0.305. The SMILES string of the molecule is CCOC(=O)c1ccnc(N(C)Cc2nccn2C)c1N. The van der Waals surface area contributed by atoms with Crippen molar-refractivity contribution < 1.29 is 9.53 Å². The van der Waals surface area contributed by atoms with Crippen LogP contribution in [0.25, 0.3) is 0 Å². The number of nitrogens with zero attached hydrogens (tertiary/aromatic N) is 4. The van der Waals surface area contributed by atoms with Crippen LogP contribution in [0, 0.1) is 0 Å². The highest BCUT2D eigenvalue weighted by atomic mass is 16.5. The van der Waals surface area contributed by atoms with E-state index in [1.165, 1.54) is 0 Å². The van der Waals surface area contributed by atoms with Crippen molar-refractivity contribution in [3.63, 3.8) is 0 Å². The molecule has 0 spiro atoms. The highest BCUT2D eigenvalue weighted by Gasteiger charge is 2.17. The maximum atomic E-state index is 11.8. The summed E-state index contributed by atoms with van der Waals surface area (Å²) >= 11 is 0. The third-order valence-corrected chi connectivity index (χ3v) is 3.13. The molecule has 0 aliphatic heterocycles. The number of pyridine rings is 1. The lowest BCUT2D eigenvalue weighted by Gasteiger charge is -2.20. The number of nitrogen functional groups attached to an aromatic ring is 1. The predicted octanol–water partition coefficient (Wildman–Crippen LogP) is 1.21. The summed E-state index contributed by atoms with van der Waals surface area (Å²) in [5, 5.41) is 0. The molecule has 112 valence electrons. The number of anilines is 2. The van der Waals surface area contributed by atoms with Gasteiger partial charge in [-0.3, -0.25) is 0 Å². The third-order valence-electron chi connectivity index (χ3n) is 3.13. The molecule has 0 atom stereocenters. The molecule has 2 aromatic rings. The van der Waals surface area contributed by atoms with Crippen molar-refractivity contribution in [1.29, 1.82) is 0 Å². The summed E-state index contributed by atoms with van der Waals surface area (Å²) in [5.74, 6) is 0.966. The molecule has 2 rings (SSSR count). The number of carbonyl (C=O) groups is 1. The van der Waals surface area contributed by atoms with Gasteiger partial charge < -0.3 is 19.9 Å². The molecule has 0 unspecified atom stereocenters. The van der Waals surface area contributed by atoms with Crippen LogP contribution < -0.4 is 10.6 Å². The summed E-state index contributed by atoms with van der Waals surface area (Å²) in [6.45, 7) is 2.59. The van der Waals surface area contributed by atoms with Crippen LogP contribution in [0.3, 0.4) is 0 Å². The van der Waals surface area contributed by atoms with Gasteiger partial charge in [-0.15, -0.1) is 0 Å². The Morgan fingerprint density at radius 2 is 2.19 bits per heavy atom. The van der Waals surface area contributed by atoms with Crippen LogP contribution in [0.5, 0.6) is 0 Å². The van der Waals surface area contributed by atoms with E-state index < -0.39 is 5.97 Å². The lowest BCUT2D eigenvalue weighted by atomic mass is 10.2. The zero-order valence-electron chi connectivity index (χ0n) is 12.4. The maximum Gasteiger partial charge on any atom is 0.340 e. The van der Waals surface area contributed by atoms with Gasteiger partial charge in [-0.25, -0.2) is 14.8 Å². The summed E-state index contributed by atoms with van der Waals surface area (Å²) in [6, 6.07) is 1.56. The van der Waals surface area contributed by atoms with Crippen molar-refractivity contribution in [1.82, 2.24) is 14.5 Å². The first-order valence-electron chi connectivity index (χ1n) is 6.63. The standard InChI is InChI=1S/C14H19N5O2/c1-4-21-14(20)10-5-6-17-13(12(10)15)19(3)9-11-16-7-8-18(11)2/h5-8H,4,9,15H2,1-3H3. The Balaban J connectivity index is 2.25. The molecular weight excluding hydrogens is 270 g/mol. The van der Waals surface area contributed by atoms with Crippen LogP contribution in [-0.2, 0) is 18.3 Å². The van der Waals surface area contributed by atoms with E-state index in [2.05, 4.69) is 9.97 Å². The number of imidazole rings is 1. The molecule has 0 radical (unpaired) electrons. The van der Waals surface area contributed by atoms with E-state index in [1.54, 1.807) is 25.4 Å². The van der Waals surface area contributed by atoms with E-state index in [1.807, 2.05) is 29.8 Å². The van der Waals surface area contributed by atoms with Crippen molar-refractivity contribution >= 4 is 17.5 Å². The van der Waals surface area contributed by atoms with Crippen molar-refractivity contribution in [2.24, 2.45) is 7.05 Å². The molecule has 2 N–H and O–H groups in total. The van der Waals surface area contributed by atoms with Gasteiger partial charge in [-0.2, -0.15) is 0 Å². The Morgan fingerprint density at radius 3 is 2.81 bits per heavy atom. The fraction of sp³-hybridized carbons (Fsp3) is 0.357. The number of aromatic nitrogens is 3. The Morgan fingerprint density at radius 1 is 1.43 bits per heavy atom. The van der Waals surface area contributed by atoms with Crippen LogP contribution in [0.15, 0.2) is 24.7 Å². The molecule has 0 aliphatic carbocycles. The summed E-state index contributed by atoms with van der Waals surface area (Å²) in [5.41, 5.74) is 6.69. The molecule has 0 fully saturated rings. The monoisotopic (exact) mass is 289 g/mol. The molecule has 2 heterocycles. The van der Waals surface area contributed by atoms with Gasteiger partial charge in [0, 0.05) is 32.7 Å². The molecule has 21 heavy (non-hydrogen) atoms. The average Bonchev–Trinajstić information content (AvgIpc) is 2.84. The second kappa shape index (κ2) is 6.25. The highest BCUT2D eigenvalue weighted by molar-refractivity contribution is 5.97. The largest absolute Gasteiger partial charge is 0.462 e. The molecule has 0 bridgehead atoms. The number of aryl methyl sites for hydroxylation is 1. The lowest BCUT2D eigenvalue weighted by molar-refractivity contribution is 0.0527. The molecule has 7 nitrogen and oxygen atoms in total. The first-order chi connectivity index (χ1) is 10.0. The number of esters is 1. The van der Waals surface area contributed by atoms with Crippen LogP contribution in [0.4, 0.5) is 11.5 Å². The van der Waals surface area contributed by atoms with Crippen LogP contribution in [-0.4, -0.2) is 34.2 Å². The van der Waals surface area contributed by atoms with Crippen LogP contribution in [0.1, 0.15) is 23.1 Å². The average molecular weight is 289 g/mol. The third kappa shape index (κ3) is 3.13. The fourth-order valence-corrected chi connectivity index (χ4v) is 1.99. The van der Waals surface area contributed by atoms with Crippen LogP contribution >= 0.6 is 0 Å². The Kier molecular flexibility index (Phi) is 4.42. The van der Waals surface area contributed by atoms with Gasteiger partial charge in [0.2, 0.25) is 0 Å². The van der Waals surface area contributed by atoms with Crippen molar-refractivity contribution in [2.45, 2.75) is 13.5 Å². The molecule has 0 aromatic carbocycles. The summed E-state index contributed by atoms with van der Waals surface area (Å²) in [7, 11) is 3.77. The molecular formula is C14H19N5O2. The Bertz CT molecular complexity index is 638. The van der Waals surface area contributed by atoms with E-state index in [-0.39, 0.29) is 0 Å². The molecule has 2 aromatic heterocycles. The van der Waals surface area contributed by atoms with E-state index in [9.17, 15) is 4.79 Å². The quantitative estimate of drug-likeness (QED) is 0.833. The first kappa shape index (κ1) is 14.8. The van der Waals surface area contributed by atoms with Crippen molar-refractivity contribution in [2.75, 3.05) is 24.3 Å². The smallest absolute Gasteiger partial charge is 0.340 e. The highest BCUT2D eigenvalue weighted by Crippen LogP contribution is 2.24. The van der Waals surface area contributed by atoms with Gasteiger partial charge in [0.1, 0.15) is 5.82 Å². The van der Waals surface area contributed by atoms with E-state index in [0.717, 1.165) is 5.82 Å². The Labute approximate surface area is 123 Å². The van der Waals surface area contributed by atoms with Crippen molar-refractivity contribution in [3.8, 4) is 0 Å². The molecule has 0 saturated heterocycles. The van der Waals surface area contributed by atoms with Gasteiger partial charge in [-0.1, -0.05) is 0 Å². The van der Waals surface area contributed by atoms with Crippen LogP contribution in [0.2, 0.25) is 0 Å².